The van der Waals surface area contributed by atoms with Crippen molar-refractivity contribution < 1.29 is 28.5 Å². The van der Waals surface area contributed by atoms with E-state index in [-0.39, 0.29) is 0 Å². The van der Waals surface area contributed by atoms with Gasteiger partial charge in [-0.25, -0.2) is 4.79 Å². The van der Waals surface area contributed by atoms with Crippen LogP contribution < -0.4 is 5.32 Å². The van der Waals surface area contributed by atoms with Crippen molar-refractivity contribution in [2.75, 3.05) is 6.61 Å². The molecule has 0 unspecified atom stereocenters. The van der Waals surface area contributed by atoms with Crippen molar-refractivity contribution in [1.82, 2.24) is 5.32 Å². The summed E-state index contributed by atoms with van der Waals surface area (Å²) in [6.07, 6.45) is 3.75. The lowest BCUT2D eigenvalue weighted by Gasteiger charge is -2.45. The van der Waals surface area contributed by atoms with Gasteiger partial charge in [-0.3, -0.25) is 0 Å². The van der Waals surface area contributed by atoms with Gasteiger partial charge >= 0.3 is 6.09 Å². The van der Waals surface area contributed by atoms with Gasteiger partial charge in [0.1, 0.15) is 28.9 Å². The molecule has 27 heavy (non-hydrogen) atoms. The molecule has 1 N–H and O–H groups in total. The second kappa shape index (κ2) is 6.04. The number of fused-ring (bicyclic) bond motifs is 2. The molecule has 1 amide bonds. The third-order valence-electron chi connectivity index (χ3n) is 4.83. The van der Waals surface area contributed by atoms with Gasteiger partial charge in [-0.15, -0.1) is 6.58 Å². The Hall–Kier alpha value is -1.41. The highest BCUT2D eigenvalue weighted by atomic mass is 16.8. The van der Waals surface area contributed by atoms with Gasteiger partial charge in [0.2, 0.25) is 0 Å². The van der Waals surface area contributed by atoms with Crippen LogP contribution in [0.2, 0.25) is 0 Å². The molecule has 2 fully saturated rings. The fourth-order valence-corrected chi connectivity index (χ4v) is 3.79. The fourth-order valence-electron chi connectivity index (χ4n) is 3.79. The second-order valence-electron chi connectivity index (χ2n) is 9.32. The maximum absolute atomic E-state index is 12.5. The van der Waals surface area contributed by atoms with Crippen molar-refractivity contribution >= 4 is 6.09 Å². The Morgan fingerprint density at radius 1 is 1.15 bits per heavy atom. The van der Waals surface area contributed by atoms with E-state index in [0.717, 1.165) is 0 Å². The van der Waals surface area contributed by atoms with E-state index in [1.54, 1.807) is 6.08 Å². The average Bonchev–Trinajstić information content (AvgIpc) is 2.99. The quantitative estimate of drug-likeness (QED) is 0.741. The molecular weight excluding hydrogens is 350 g/mol. The Morgan fingerprint density at radius 2 is 1.78 bits per heavy atom. The predicted octanol–water partition coefficient (Wildman–Crippen LogP) is 3.05. The van der Waals surface area contributed by atoms with Gasteiger partial charge in [0.05, 0.1) is 6.61 Å². The Morgan fingerprint density at radius 3 is 2.30 bits per heavy atom. The average molecular weight is 381 g/mol. The van der Waals surface area contributed by atoms with Crippen molar-refractivity contribution in [3.8, 4) is 0 Å². The number of hydrogen-bond acceptors (Lipinski definition) is 6. The first kappa shape index (κ1) is 20.3. The topological polar surface area (TPSA) is 75.3 Å². The van der Waals surface area contributed by atoms with Crippen LogP contribution in [0.5, 0.6) is 0 Å². The van der Waals surface area contributed by atoms with Crippen LogP contribution in [0.1, 0.15) is 48.5 Å². The molecule has 0 aromatic rings. The molecule has 1 spiro atoms. The first-order valence-corrected chi connectivity index (χ1v) is 9.26. The van der Waals surface area contributed by atoms with Crippen LogP contribution in [-0.4, -0.2) is 53.2 Å². The summed E-state index contributed by atoms with van der Waals surface area (Å²) in [5.74, 6) is -1.59. The summed E-state index contributed by atoms with van der Waals surface area (Å²) in [5.41, 5.74) is -2.42. The molecule has 2 heterocycles. The molecule has 152 valence electrons. The molecule has 3 rings (SSSR count). The van der Waals surface area contributed by atoms with Crippen molar-refractivity contribution in [3.63, 3.8) is 0 Å². The minimum atomic E-state index is -0.998. The second-order valence-corrected chi connectivity index (χ2v) is 9.32. The van der Waals surface area contributed by atoms with Gasteiger partial charge in [-0.1, -0.05) is 12.2 Å². The van der Waals surface area contributed by atoms with E-state index in [0.29, 0.717) is 6.61 Å². The van der Waals surface area contributed by atoms with Gasteiger partial charge in [-0.05, 0) is 54.5 Å². The summed E-state index contributed by atoms with van der Waals surface area (Å²) in [4.78, 5) is 12.5. The maximum atomic E-state index is 12.5. The first-order chi connectivity index (χ1) is 12.2. The van der Waals surface area contributed by atoms with Gasteiger partial charge < -0.3 is 29.0 Å². The van der Waals surface area contributed by atoms with E-state index >= 15 is 0 Å². The maximum Gasteiger partial charge on any atom is 0.408 e. The first-order valence-electron chi connectivity index (χ1n) is 9.26. The Bertz CT molecular complexity index is 664. The molecule has 1 aliphatic carbocycles. The molecule has 0 bridgehead atoms. The lowest BCUT2D eigenvalue weighted by molar-refractivity contribution is -0.192. The molecular formula is C20H31NO6. The standard InChI is InChI=1S/C20H31NO6/c1-9-19(21-15(22)26-16(2,3)4)10-11-20(12-23-17(5,6)27-20)14-13(19)24-18(7,8)25-14/h9-11,13-14H,1,12H2,2-8H3,(H,21,22)/t13-,14+,19-,20-/m1/s1. The van der Waals surface area contributed by atoms with Crippen molar-refractivity contribution in [1.29, 1.82) is 0 Å². The zero-order valence-corrected chi connectivity index (χ0v) is 17.3. The summed E-state index contributed by atoms with van der Waals surface area (Å²) in [7, 11) is 0. The number of carbonyl (C=O) groups is 1. The van der Waals surface area contributed by atoms with Crippen molar-refractivity contribution in [2.24, 2.45) is 0 Å². The number of rotatable bonds is 2. The predicted molar refractivity (Wildman–Crippen MR) is 99.1 cm³/mol. The smallest absolute Gasteiger partial charge is 0.408 e. The largest absolute Gasteiger partial charge is 0.444 e. The summed E-state index contributed by atoms with van der Waals surface area (Å²) in [6.45, 7) is 17.1. The molecule has 7 nitrogen and oxygen atoms in total. The molecule has 0 aromatic carbocycles. The van der Waals surface area contributed by atoms with Gasteiger partial charge in [0, 0.05) is 0 Å². The molecule has 2 aliphatic heterocycles. The summed E-state index contributed by atoms with van der Waals surface area (Å²) in [5, 5.41) is 2.91. The monoisotopic (exact) mass is 381 g/mol. The molecule has 3 aliphatic rings. The van der Waals surface area contributed by atoms with Crippen LogP contribution in [0.15, 0.2) is 24.8 Å². The Balaban J connectivity index is 1.96. The number of alkyl carbamates (subject to hydrolysis) is 1. The van der Waals surface area contributed by atoms with E-state index in [1.165, 1.54) is 0 Å². The van der Waals surface area contributed by atoms with Crippen LogP contribution in [0.4, 0.5) is 4.79 Å². The minimum Gasteiger partial charge on any atom is -0.444 e. The Kier molecular flexibility index (Phi) is 4.55. The number of ether oxygens (including phenoxy) is 5. The van der Waals surface area contributed by atoms with Crippen LogP contribution in [0, 0.1) is 0 Å². The van der Waals surface area contributed by atoms with E-state index in [2.05, 4.69) is 11.9 Å². The highest BCUT2D eigenvalue weighted by Crippen LogP contribution is 2.48. The Labute approximate surface area is 161 Å². The third kappa shape index (κ3) is 3.78. The lowest BCUT2D eigenvalue weighted by atomic mass is 9.75. The lowest BCUT2D eigenvalue weighted by Crippen LogP contribution is -2.65. The van der Waals surface area contributed by atoms with E-state index in [4.69, 9.17) is 23.7 Å². The van der Waals surface area contributed by atoms with E-state index < -0.39 is 46.6 Å². The minimum absolute atomic E-state index is 0.330. The van der Waals surface area contributed by atoms with Crippen LogP contribution >= 0.6 is 0 Å². The zero-order chi connectivity index (χ0) is 20.3. The highest BCUT2D eigenvalue weighted by Gasteiger charge is 2.64. The molecule has 4 atom stereocenters. The van der Waals surface area contributed by atoms with E-state index in [1.807, 2.05) is 60.6 Å². The van der Waals surface area contributed by atoms with Crippen molar-refractivity contribution in [3.05, 3.63) is 24.8 Å². The third-order valence-corrected chi connectivity index (χ3v) is 4.83. The number of amides is 1. The van der Waals surface area contributed by atoms with Crippen LogP contribution in [-0.2, 0) is 23.7 Å². The number of carbonyl (C=O) groups excluding carboxylic acids is 1. The molecule has 0 saturated carbocycles. The molecule has 2 saturated heterocycles. The summed E-state index contributed by atoms with van der Waals surface area (Å²) in [6, 6.07) is 0. The summed E-state index contributed by atoms with van der Waals surface area (Å²) >= 11 is 0. The summed E-state index contributed by atoms with van der Waals surface area (Å²) < 4.78 is 29.9. The van der Waals surface area contributed by atoms with Gasteiger partial charge in [-0.2, -0.15) is 0 Å². The van der Waals surface area contributed by atoms with Crippen molar-refractivity contribution in [2.45, 2.75) is 89.0 Å². The zero-order valence-electron chi connectivity index (χ0n) is 17.3. The van der Waals surface area contributed by atoms with Gasteiger partial charge in [0.15, 0.2) is 11.6 Å². The van der Waals surface area contributed by atoms with Crippen LogP contribution in [0.3, 0.4) is 0 Å². The number of nitrogens with one attached hydrogen (secondary N) is 1. The number of hydrogen-bond donors (Lipinski definition) is 1. The van der Waals surface area contributed by atoms with Crippen LogP contribution in [0.25, 0.3) is 0 Å². The molecule has 0 aromatic heterocycles. The highest BCUT2D eigenvalue weighted by molar-refractivity contribution is 5.70. The SMILES string of the molecule is C=C[C@@]1(NC(=O)OC(C)(C)C)C=C[C@@]2(COC(C)(C)O2)[C@H]2OC(C)(C)O[C@H]21. The fraction of sp³-hybridized carbons (Fsp3) is 0.750. The molecule has 7 heteroatoms. The van der Waals surface area contributed by atoms with Gasteiger partial charge in [0.25, 0.3) is 0 Å². The van der Waals surface area contributed by atoms with E-state index in [9.17, 15) is 4.79 Å². The normalized spacial score (nSPS) is 39.2. The molecule has 0 radical (unpaired) electrons.